The first-order valence-electron chi connectivity index (χ1n) is 7.79. The predicted octanol–water partition coefficient (Wildman–Crippen LogP) is 4.92. The fraction of sp³-hybridized carbons (Fsp3) is 0.143. The minimum absolute atomic E-state index is 0.571. The highest BCUT2D eigenvalue weighted by Gasteiger charge is 2.37. The summed E-state index contributed by atoms with van der Waals surface area (Å²) in [7, 11) is 0. The maximum Gasteiger partial charge on any atom is 0.143 e. The first-order chi connectivity index (χ1) is 11.4. The third-order valence-electron chi connectivity index (χ3n) is 3.95. The average Bonchev–Trinajstić information content (AvgIpc) is 2.65. The molecule has 116 valence electrons. The zero-order valence-electron chi connectivity index (χ0n) is 12.9. The molecule has 0 unspecified atom stereocenters. The average molecular weight is 320 g/mol. The number of hydrogen-bond acceptors (Lipinski definition) is 2. The van der Waals surface area contributed by atoms with Crippen molar-refractivity contribution in [1.82, 2.24) is 0 Å². The van der Waals surface area contributed by atoms with Gasteiger partial charge in [0.05, 0.1) is 6.61 Å². The topological polar surface area (TPSA) is 9.23 Å². The quantitative estimate of drug-likeness (QED) is 0.501. The number of rotatable bonds is 6. The van der Waals surface area contributed by atoms with E-state index in [0.717, 1.165) is 16.7 Å². The van der Waals surface area contributed by atoms with Gasteiger partial charge in [-0.25, -0.2) is 0 Å². The molecule has 0 fully saturated rings. The highest BCUT2D eigenvalue weighted by Crippen LogP contribution is 2.40. The maximum atomic E-state index is 6.46. The molecule has 3 rings (SSSR count). The SMILES string of the molecule is SCCOC(c1ccccc1)(c1ccccc1)c1ccccc1. The van der Waals surface area contributed by atoms with Gasteiger partial charge in [0.2, 0.25) is 0 Å². The Morgan fingerprint density at radius 1 is 0.609 bits per heavy atom. The number of ether oxygens (including phenoxy) is 1. The lowest BCUT2D eigenvalue weighted by atomic mass is 9.80. The van der Waals surface area contributed by atoms with Gasteiger partial charge in [-0.1, -0.05) is 91.0 Å². The Balaban J connectivity index is 2.25. The van der Waals surface area contributed by atoms with Crippen molar-refractivity contribution in [2.24, 2.45) is 0 Å². The van der Waals surface area contributed by atoms with Gasteiger partial charge in [-0.2, -0.15) is 12.6 Å². The van der Waals surface area contributed by atoms with Crippen LogP contribution in [-0.2, 0) is 10.3 Å². The number of thiol groups is 1. The van der Waals surface area contributed by atoms with Crippen molar-refractivity contribution in [2.75, 3.05) is 12.4 Å². The zero-order valence-corrected chi connectivity index (χ0v) is 13.8. The molecule has 0 aliphatic carbocycles. The van der Waals surface area contributed by atoms with Crippen molar-refractivity contribution in [3.63, 3.8) is 0 Å². The normalized spacial score (nSPS) is 11.3. The molecule has 0 saturated carbocycles. The van der Waals surface area contributed by atoms with E-state index in [1.807, 2.05) is 18.2 Å². The molecule has 0 radical (unpaired) electrons. The fourth-order valence-corrected chi connectivity index (χ4v) is 3.06. The smallest absolute Gasteiger partial charge is 0.143 e. The van der Waals surface area contributed by atoms with E-state index >= 15 is 0 Å². The Morgan fingerprint density at radius 2 is 0.957 bits per heavy atom. The van der Waals surface area contributed by atoms with Crippen LogP contribution < -0.4 is 0 Å². The predicted molar refractivity (Wildman–Crippen MR) is 99.0 cm³/mol. The Kier molecular flexibility index (Phi) is 5.16. The number of benzene rings is 3. The molecule has 0 aliphatic heterocycles. The molecule has 0 saturated heterocycles. The van der Waals surface area contributed by atoms with Crippen LogP contribution in [0.3, 0.4) is 0 Å². The highest BCUT2D eigenvalue weighted by molar-refractivity contribution is 7.80. The van der Waals surface area contributed by atoms with Crippen molar-refractivity contribution >= 4 is 12.6 Å². The van der Waals surface area contributed by atoms with Crippen molar-refractivity contribution in [3.8, 4) is 0 Å². The zero-order chi connectivity index (χ0) is 16.0. The van der Waals surface area contributed by atoms with Crippen LogP contribution in [-0.4, -0.2) is 12.4 Å². The molecule has 0 bridgehead atoms. The van der Waals surface area contributed by atoms with Gasteiger partial charge in [-0.3, -0.25) is 0 Å². The third kappa shape index (κ3) is 3.19. The fourth-order valence-electron chi connectivity index (χ4n) is 2.97. The molecule has 2 heteroatoms. The van der Waals surface area contributed by atoms with Crippen molar-refractivity contribution in [1.29, 1.82) is 0 Å². The van der Waals surface area contributed by atoms with E-state index in [9.17, 15) is 0 Å². The van der Waals surface area contributed by atoms with Gasteiger partial charge in [-0.05, 0) is 16.7 Å². The van der Waals surface area contributed by atoms with Crippen molar-refractivity contribution < 1.29 is 4.74 Å². The van der Waals surface area contributed by atoms with Crippen LogP contribution in [0.15, 0.2) is 91.0 Å². The van der Waals surface area contributed by atoms with Gasteiger partial charge in [0.1, 0.15) is 5.60 Å². The summed E-state index contributed by atoms with van der Waals surface area (Å²) < 4.78 is 6.46. The molecule has 0 aromatic heterocycles. The van der Waals surface area contributed by atoms with E-state index in [0.29, 0.717) is 12.4 Å². The molecular formula is C21H20OS. The summed E-state index contributed by atoms with van der Waals surface area (Å²) in [6.07, 6.45) is 0. The van der Waals surface area contributed by atoms with Crippen LogP contribution in [0.2, 0.25) is 0 Å². The minimum Gasteiger partial charge on any atom is -0.360 e. The van der Waals surface area contributed by atoms with Crippen LogP contribution in [0.25, 0.3) is 0 Å². The van der Waals surface area contributed by atoms with Crippen molar-refractivity contribution in [3.05, 3.63) is 108 Å². The molecule has 0 N–H and O–H groups in total. The summed E-state index contributed by atoms with van der Waals surface area (Å²) in [6.45, 7) is 0.571. The summed E-state index contributed by atoms with van der Waals surface area (Å²) in [5.74, 6) is 0.675. The summed E-state index contributed by atoms with van der Waals surface area (Å²) in [6, 6.07) is 31.2. The van der Waals surface area contributed by atoms with Crippen LogP contribution in [0.4, 0.5) is 0 Å². The first-order valence-corrected chi connectivity index (χ1v) is 8.42. The summed E-state index contributed by atoms with van der Waals surface area (Å²) >= 11 is 4.34. The Morgan fingerprint density at radius 3 is 1.26 bits per heavy atom. The molecule has 0 atom stereocenters. The van der Waals surface area contributed by atoms with E-state index in [1.165, 1.54) is 0 Å². The summed E-state index contributed by atoms with van der Waals surface area (Å²) in [5.41, 5.74) is 2.75. The Labute approximate surface area is 143 Å². The largest absolute Gasteiger partial charge is 0.360 e. The van der Waals surface area contributed by atoms with E-state index in [4.69, 9.17) is 4.74 Å². The minimum atomic E-state index is -0.619. The van der Waals surface area contributed by atoms with Crippen LogP contribution in [0, 0.1) is 0 Å². The second-order valence-corrected chi connectivity index (χ2v) is 5.80. The molecule has 1 nitrogen and oxygen atoms in total. The maximum absolute atomic E-state index is 6.46. The van der Waals surface area contributed by atoms with E-state index in [1.54, 1.807) is 0 Å². The van der Waals surface area contributed by atoms with Crippen LogP contribution in [0.1, 0.15) is 16.7 Å². The third-order valence-corrected chi connectivity index (χ3v) is 4.13. The van der Waals surface area contributed by atoms with Gasteiger partial charge in [-0.15, -0.1) is 0 Å². The molecular weight excluding hydrogens is 300 g/mol. The molecule has 23 heavy (non-hydrogen) atoms. The van der Waals surface area contributed by atoms with Crippen LogP contribution in [0.5, 0.6) is 0 Å². The lowest BCUT2D eigenvalue weighted by molar-refractivity contribution is 0.0234. The van der Waals surface area contributed by atoms with E-state index < -0.39 is 5.60 Å². The lowest BCUT2D eigenvalue weighted by Crippen LogP contribution is -2.33. The molecule has 0 amide bonds. The monoisotopic (exact) mass is 320 g/mol. The molecule has 0 spiro atoms. The van der Waals surface area contributed by atoms with E-state index in [-0.39, 0.29) is 0 Å². The Bertz CT molecular complexity index is 614. The second kappa shape index (κ2) is 7.49. The molecule has 0 heterocycles. The molecule has 3 aromatic rings. The van der Waals surface area contributed by atoms with Gasteiger partial charge >= 0.3 is 0 Å². The lowest BCUT2D eigenvalue weighted by Gasteiger charge is -2.35. The highest BCUT2D eigenvalue weighted by atomic mass is 32.1. The van der Waals surface area contributed by atoms with Gasteiger partial charge in [0, 0.05) is 5.75 Å². The Hall–Kier alpha value is -2.03. The number of hydrogen-bond donors (Lipinski definition) is 1. The van der Waals surface area contributed by atoms with E-state index in [2.05, 4.69) is 85.4 Å². The molecule has 0 aliphatic rings. The standard InChI is InChI=1S/C21H20OS/c23-17-16-22-21(18-10-4-1-5-11-18,19-12-6-2-7-13-19)20-14-8-3-9-15-20/h1-15,23H,16-17H2. The summed E-state index contributed by atoms with van der Waals surface area (Å²) in [4.78, 5) is 0. The van der Waals surface area contributed by atoms with Crippen LogP contribution >= 0.6 is 12.6 Å². The summed E-state index contributed by atoms with van der Waals surface area (Å²) in [5, 5.41) is 0. The first kappa shape index (κ1) is 15.9. The second-order valence-electron chi connectivity index (χ2n) is 5.35. The van der Waals surface area contributed by atoms with Crippen molar-refractivity contribution in [2.45, 2.75) is 5.60 Å². The van der Waals surface area contributed by atoms with Gasteiger partial charge in [0.25, 0.3) is 0 Å². The molecule has 3 aromatic carbocycles. The van der Waals surface area contributed by atoms with Gasteiger partial charge < -0.3 is 4.74 Å². The van der Waals surface area contributed by atoms with Gasteiger partial charge in [0.15, 0.2) is 0 Å².